The van der Waals surface area contributed by atoms with Crippen molar-refractivity contribution in [3.8, 4) is 0 Å². The lowest BCUT2D eigenvalue weighted by molar-refractivity contribution is 0.100. The van der Waals surface area contributed by atoms with Crippen LogP contribution in [0.15, 0.2) is 12.7 Å². The van der Waals surface area contributed by atoms with Crippen LogP contribution in [0.3, 0.4) is 0 Å². The van der Waals surface area contributed by atoms with E-state index < -0.39 is 9.04 Å². The normalized spacial score (nSPS) is 10.6. The van der Waals surface area contributed by atoms with Crippen molar-refractivity contribution in [2.75, 3.05) is 19.8 Å². The van der Waals surface area contributed by atoms with Crippen LogP contribution in [0.1, 0.15) is 13.3 Å². The Kier molecular flexibility index (Phi) is 8.88. The van der Waals surface area contributed by atoms with Gasteiger partial charge in [0, 0.05) is 6.61 Å². The first kappa shape index (κ1) is 11.9. The highest BCUT2D eigenvalue weighted by atomic mass is 28.3. The molecule has 12 heavy (non-hydrogen) atoms. The van der Waals surface area contributed by atoms with Gasteiger partial charge in [0.15, 0.2) is 0 Å². The summed E-state index contributed by atoms with van der Waals surface area (Å²) >= 11 is 0. The quantitative estimate of drug-likeness (QED) is 0.329. The lowest BCUT2D eigenvalue weighted by atomic mass is 10.5. The van der Waals surface area contributed by atoms with E-state index in [1.165, 1.54) is 0 Å². The molecule has 2 nitrogen and oxygen atoms in total. The van der Waals surface area contributed by atoms with Crippen molar-refractivity contribution in [3.05, 3.63) is 12.7 Å². The summed E-state index contributed by atoms with van der Waals surface area (Å²) in [4.78, 5) is 0. The summed E-state index contributed by atoms with van der Waals surface area (Å²) in [5.41, 5.74) is 0. The Balaban J connectivity index is 3.02. The highest BCUT2D eigenvalue weighted by molar-refractivity contribution is 6.50. The zero-order valence-electron chi connectivity index (χ0n) is 8.14. The lowest BCUT2D eigenvalue weighted by Gasteiger charge is -2.08. The van der Waals surface area contributed by atoms with Gasteiger partial charge in [-0.1, -0.05) is 13.0 Å². The summed E-state index contributed by atoms with van der Waals surface area (Å²) in [5.74, 6) is 0. The van der Waals surface area contributed by atoms with Gasteiger partial charge in [-0.2, -0.15) is 0 Å². The first-order chi connectivity index (χ1) is 5.81. The Morgan fingerprint density at radius 1 is 1.33 bits per heavy atom. The average molecular weight is 187 g/mol. The van der Waals surface area contributed by atoms with Crippen LogP contribution in [0, 0.1) is 0 Å². The summed E-state index contributed by atoms with van der Waals surface area (Å²) < 4.78 is 10.8. The molecule has 0 saturated carbocycles. The van der Waals surface area contributed by atoms with Crippen LogP contribution < -0.4 is 0 Å². The van der Waals surface area contributed by atoms with Crippen molar-refractivity contribution in [1.82, 2.24) is 0 Å². The summed E-state index contributed by atoms with van der Waals surface area (Å²) in [6, 6.07) is 1.01. The van der Waals surface area contributed by atoms with E-state index in [0.717, 1.165) is 32.3 Å². The average Bonchev–Trinajstić information content (AvgIpc) is 2.05. The monoisotopic (exact) mass is 187 g/mol. The Labute approximate surface area is 77.3 Å². The smallest absolute Gasteiger partial charge is 0.212 e. The minimum atomic E-state index is -0.626. The summed E-state index contributed by atoms with van der Waals surface area (Å²) in [6.07, 6.45) is 3.00. The van der Waals surface area contributed by atoms with Gasteiger partial charge in [0.25, 0.3) is 0 Å². The Morgan fingerprint density at radius 2 is 2.08 bits per heavy atom. The maximum Gasteiger partial charge on any atom is 0.212 e. The molecule has 0 amide bonds. The maximum absolute atomic E-state index is 5.53. The van der Waals surface area contributed by atoms with Gasteiger partial charge in [-0.05, 0) is 19.0 Å². The van der Waals surface area contributed by atoms with Crippen molar-refractivity contribution in [2.45, 2.75) is 25.9 Å². The van der Waals surface area contributed by atoms with E-state index in [2.05, 4.69) is 20.0 Å². The van der Waals surface area contributed by atoms with E-state index in [1.54, 1.807) is 0 Å². The number of allylic oxidation sites excluding steroid dienone is 1. The molecule has 0 bridgehead atoms. The largest absolute Gasteiger partial charge is 0.414 e. The molecule has 3 heteroatoms. The first-order valence-electron chi connectivity index (χ1n) is 4.45. The van der Waals surface area contributed by atoms with Crippen molar-refractivity contribution < 1.29 is 9.16 Å². The van der Waals surface area contributed by atoms with Crippen LogP contribution in [0.25, 0.3) is 0 Å². The van der Waals surface area contributed by atoms with Gasteiger partial charge in [0.2, 0.25) is 9.04 Å². The van der Waals surface area contributed by atoms with Gasteiger partial charge in [-0.25, -0.2) is 0 Å². The molecule has 0 atom stereocenters. The molecule has 0 aliphatic carbocycles. The number of hydrogen-bond donors (Lipinski definition) is 0. The lowest BCUT2D eigenvalue weighted by Crippen LogP contribution is -2.16. The molecule has 0 rings (SSSR count). The highest BCUT2D eigenvalue weighted by Gasteiger charge is 2.01. The fourth-order valence-corrected chi connectivity index (χ4v) is 1.74. The third kappa shape index (κ3) is 7.98. The zero-order valence-corrected chi connectivity index (χ0v) is 9.14. The number of hydrogen-bond acceptors (Lipinski definition) is 2. The summed E-state index contributed by atoms with van der Waals surface area (Å²) in [7, 11) is -0.626. The minimum Gasteiger partial charge on any atom is -0.414 e. The molecule has 0 heterocycles. The first-order valence-corrected chi connectivity index (χ1v) is 6.56. The topological polar surface area (TPSA) is 18.5 Å². The van der Waals surface area contributed by atoms with Crippen molar-refractivity contribution in [2.24, 2.45) is 0 Å². The number of ether oxygens (including phenoxy) is 1. The van der Waals surface area contributed by atoms with Gasteiger partial charge in [0.05, 0.1) is 13.2 Å². The van der Waals surface area contributed by atoms with Crippen LogP contribution in [-0.2, 0) is 9.16 Å². The molecule has 1 radical (unpaired) electrons. The van der Waals surface area contributed by atoms with Gasteiger partial charge < -0.3 is 9.16 Å². The van der Waals surface area contributed by atoms with Crippen LogP contribution in [0.4, 0.5) is 0 Å². The van der Waals surface area contributed by atoms with E-state index in [1.807, 2.05) is 6.08 Å². The second-order valence-electron chi connectivity index (χ2n) is 2.66. The van der Waals surface area contributed by atoms with E-state index in [0.29, 0.717) is 0 Å². The third-order valence-electron chi connectivity index (χ3n) is 1.36. The second kappa shape index (κ2) is 8.97. The SMILES string of the molecule is C=CC[Si](C)OCCOCCC. The van der Waals surface area contributed by atoms with Crippen LogP contribution in [-0.4, -0.2) is 28.9 Å². The molecule has 0 fully saturated rings. The van der Waals surface area contributed by atoms with Gasteiger partial charge in [-0.3, -0.25) is 0 Å². The van der Waals surface area contributed by atoms with Crippen LogP contribution >= 0.6 is 0 Å². The molecule has 0 N–H and O–H groups in total. The summed E-state index contributed by atoms with van der Waals surface area (Å²) in [5, 5.41) is 0. The van der Waals surface area contributed by atoms with Crippen molar-refractivity contribution in [3.63, 3.8) is 0 Å². The van der Waals surface area contributed by atoms with Gasteiger partial charge in [0.1, 0.15) is 0 Å². The number of rotatable bonds is 8. The molecule has 0 saturated heterocycles. The van der Waals surface area contributed by atoms with Crippen molar-refractivity contribution in [1.29, 1.82) is 0 Å². The molecule has 0 aromatic carbocycles. The molecule has 0 unspecified atom stereocenters. The predicted molar refractivity (Wildman–Crippen MR) is 53.7 cm³/mol. The maximum atomic E-state index is 5.53. The van der Waals surface area contributed by atoms with E-state index in [-0.39, 0.29) is 0 Å². The second-order valence-corrected chi connectivity index (χ2v) is 4.76. The minimum absolute atomic E-state index is 0.626. The fraction of sp³-hybridized carbons (Fsp3) is 0.778. The molecule has 71 valence electrons. The fourth-order valence-electron chi connectivity index (χ4n) is 0.783. The van der Waals surface area contributed by atoms with E-state index in [4.69, 9.17) is 9.16 Å². The molecule has 0 aromatic heterocycles. The van der Waals surface area contributed by atoms with E-state index in [9.17, 15) is 0 Å². The Bertz CT molecular complexity index is 107. The van der Waals surface area contributed by atoms with Gasteiger partial charge >= 0.3 is 0 Å². The van der Waals surface area contributed by atoms with Gasteiger partial charge in [-0.15, -0.1) is 6.58 Å². The van der Waals surface area contributed by atoms with Crippen LogP contribution in [0.5, 0.6) is 0 Å². The predicted octanol–water partition coefficient (Wildman–Crippen LogP) is 2.24. The van der Waals surface area contributed by atoms with Crippen LogP contribution in [0.2, 0.25) is 12.6 Å². The standard InChI is InChI=1S/C9H19O2Si/c1-4-6-10-7-8-11-12(3)9-5-2/h5H,2,4,6-9H2,1,3H3. The zero-order chi connectivity index (χ0) is 9.23. The molecule has 0 aromatic rings. The molecular formula is C9H19O2Si. The molecule has 0 aliphatic rings. The molecular weight excluding hydrogens is 168 g/mol. The Morgan fingerprint density at radius 3 is 2.67 bits per heavy atom. The van der Waals surface area contributed by atoms with Crippen molar-refractivity contribution >= 4 is 9.04 Å². The summed E-state index contributed by atoms with van der Waals surface area (Å²) in [6.45, 7) is 10.2. The van der Waals surface area contributed by atoms with E-state index >= 15 is 0 Å². The molecule has 0 aliphatic heterocycles. The Hall–Kier alpha value is -0.123. The molecule has 0 spiro atoms. The highest BCUT2D eigenvalue weighted by Crippen LogP contribution is 1.94. The third-order valence-corrected chi connectivity index (χ3v) is 2.92.